The third kappa shape index (κ3) is 2.34. The van der Waals surface area contributed by atoms with Crippen LogP contribution in [-0.4, -0.2) is 30.3 Å². The van der Waals surface area contributed by atoms with Gasteiger partial charge >= 0.3 is 6.09 Å². The van der Waals surface area contributed by atoms with Crippen LogP contribution in [0.4, 0.5) is 10.7 Å². The van der Waals surface area contributed by atoms with Crippen LogP contribution in [-0.2, 0) is 0 Å². The van der Waals surface area contributed by atoms with Crippen molar-refractivity contribution in [3.8, 4) is 17.1 Å². The number of furan rings is 1. The van der Waals surface area contributed by atoms with Crippen molar-refractivity contribution < 1.29 is 19.1 Å². The fraction of sp³-hybridized carbons (Fsp3) is 0.111. The highest BCUT2D eigenvalue weighted by atomic mass is 32.1. The number of amides is 1. The molecule has 1 amide bonds. The van der Waals surface area contributed by atoms with E-state index in [0.29, 0.717) is 27.3 Å². The number of hydrogen-bond donors (Lipinski definition) is 2. The Morgan fingerprint density at radius 3 is 2.81 bits per heavy atom. The summed E-state index contributed by atoms with van der Waals surface area (Å²) in [6, 6.07) is 8.68. The summed E-state index contributed by atoms with van der Waals surface area (Å²) in [6.07, 6.45) is -1.12. The summed E-state index contributed by atoms with van der Waals surface area (Å²) in [5.74, 6) is 1.21. The number of H-pyrrole nitrogens is 1. The molecule has 0 aliphatic rings. The second-order valence-electron chi connectivity index (χ2n) is 5.66. The van der Waals surface area contributed by atoms with E-state index in [0.717, 1.165) is 15.7 Å². The van der Waals surface area contributed by atoms with Gasteiger partial charge in [0.05, 0.1) is 12.7 Å². The van der Waals surface area contributed by atoms with E-state index < -0.39 is 6.09 Å². The van der Waals surface area contributed by atoms with Crippen LogP contribution >= 0.6 is 11.3 Å². The SMILES string of the molecule is COc1ccc2[nH]c(=O)c3sccc3c2c1-c1ccc(N(C)C(=O)O)o1. The molecule has 0 spiro atoms. The van der Waals surface area contributed by atoms with Gasteiger partial charge in [0.15, 0.2) is 0 Å². The molecule has 4 rings (SSSR count). The molecule has 0 radical (unpaired) electrons. The Morgan fingerprint density at radius 2 is 2.08 bits per heavy atom. The number of fused-ring (bicyclic) bond motifs is 3. The van der Waals surface area contributed by atoms with Crippen LogP contribution in [0.2, 0.25) is 0 Å². The third-order valence-electron chi connectivity index (χ3n) is 4.23. The molecule has 3 heterocycles. The van der Waals surface area contributed by atoms with Gasteiger partial charge in [0.2, 0.25) is 5.88 Å². The maximum Gasteiger partial charge on any atom is 0.413 e. The highest BCUT2D eigenvalue weighted by Crippen LogP contribution is 2.41. The number of hydrogen-bond acceptors (Lipinski definition) is 5. The molecule has 0 fully saturated rings. The fourth-order valence-corrected chi connectivity index (χ4v) is 3.78. The number of rotatable bonds is 3. The van der Waals surface area contributed by atoms with Gasteiger partial charge in [-0.25, -0.2) is 4.79 Å². The Hall–Kier alpha value is -3.26. The van der Waals surface area contributed by atoms with Gasteiger partial charge in [-0.1, -0.05) is 0 Å². The van der Waals surface area contributed by atoms with Crippen LogP contribution in [0.3, 0.4) is 0 Å². The normalized spacial score (nSPS) is 11.2. The van der Waals surface area contributed by atoms with Gasteiger partial charge < -0.3 is 19.2 Å². The minimum absolute atomic E-state index is 0.149. The zero-order chi connectivity index (χ0) is 18.4. The first-order valence-corrected chi connectivity index (χ1v) is 8.56. The average Bonchev–Trinajstić information content (AvgIpc) is 3.30. The van der Waals surface area contributed by atoms with Crippen LogP contribution < -0.4 is 15.2 Å². The van der Waals surface area contributed by atoms with Crippen molar-refractivity contribution in [3.63, 3.8) is 0 Å². The average molecular weight is 370 g/mol. The Balaban J connectivity index is 2.06. The number of anilines is 1. The third-order valence-corrected chi connectivity index (χ3v) is 5.14. The molecule has 0 saturated heterocycles. The minimum atomic E-state index is -1.12. The zero-order valence-electron chi connectivity index (χ0n) is 13.9. The number of ether oxygens (including phenoxy) is 1. The van der Waals surface area contributed by atoms with Crippen LogP contribution in [0, 0.1) is 0 Å². The van der Waals surface area contributed by atoms with Crippen molar-refractivity contribution in [3.05, 3.63) is 46.1 Å². The van der Waals surface area contributed by atoms with Crippen molar-refractivity contribution in [2.45, 2.75) is 0 Å². The highest BCUT2D eigenvalue weighted by Gasteiger charge is 2.20. The molecule has 0 unspecified atom stereocenters. The largest absolute Gasteiger partial charge is 0.496 e. The van der Waals surface area contributed by atoms with Gasteiger partial charge in [0.25, 0.3) is 5.56 Å². The lowest BCUT2D eigenvalue weighted by molar-refractivity contribution is 0.202. The number of pyridine rings is 1. The molecule has 0 aliphatic heterocycles. The van der Waals surface area contributed by atoms with Gasteiger partial charge in [-0.2, -0.15) is 0 Å². The van der Waals surface area contributed by atoms with Gasteiger partial charge in [-0.15, -0.1) is 11.3 Å². The smallest absolute Gasteiger partial charge is 0.413 e. The van der Waals surface area contributed by atoms with Crippen LogP contribution in [0.15, 0.2) is 44.9 Å². The van der Waals surface area contributed by atoms with Crippen molar-refractivity contribution in [2.75, 3.05) is 19.1 Å². The van der Waals surface area contributed by atoms with Crippen molar-refractivity contribution in [1.82, 2.24) is 4.98 Å². The molecule has 0 saturated carbocycles. The maximum absolute atomic E-state index is 12.3. The number of nitrogens with zero attached hydrogens (tertiary/aromatic N) is 1. The molecule has 0 bridgehead atoms. The summed E-state index contributed by atoms with van der Waals surface area (Å²) in [5.41, 5.74) is 1.17. The second kappa shape index (κ2) is 5.92. The van der Waals surface area contributed by atoms with E-state index in [4.69, 9.17) is 14.3 Å². The first-order valence-electron chi connectivity index (χ1n) is 7.68. The highest BCUT2D eigenvalue weighted by molar-refractivity contribution is 7.17. The van der Waals surface area contributed by atoms with Crippen molar-refractivity contribution >= 4 is 44.3 Å². The molecule has 1 aromatic carbocycles. The molecule has 2 N–H and O–H groups in total. The van der Waals surface area contributed by atoms with E-state index in [2.05, 4.69) is 4.98 Å². The monoisotopic (exact) mass is 370 g/mol. The molecule has 8 heteroatoms. The van der Waals surface area contributed by atoms with E-state index in [1.807, 2.05) is 11.4 Å². The fourth-order valence-electron chi connectivity index (χ4n) is 2.98. The number of thiophene rings is 1. The Bertz CT molecular complexity index is 1200. The molecule has 3 aromatic heterocycles. The molecule has 26 heavy (non-hydrogen) atoms. The summed E-state index contributed by atoms with van der Waals surface area (Å²) in [7, 11) is 2.95. The molecule has 4 aromatic rings. The molecule has 132 valence electrons. The van der Waals surface area contributed by atoms with Gasteiger partial charge in [0.1, 0.15) is 16.2 Å². The molecule has 7 nitrogen and oxygen atoms in total. The predicted octanol–water partition coefficient (Wildman–Crippen LogP) is 4.13. The van der Waals surface area contributed by atoms with Crippen LogP contribution in [0.1, 0.15) is 0 Å². The minimum Gasteiger partial charge on any atom is -0.496 e. The van der Waals surface area contributed by atoms with Crippen LogP contribution in [0.25, 0.3) is 32.3 Å². The number of nitrogens with one attached hydrogen (secondary N) is 1. The number of aromatic nitrogens is 1. The van der Waals surface area contributed by atoms with Crippen molar-refractivity contribution in [2.24, 2.45) is 0 Å². The van der Waals surface area contributed by atoms with E-state index in [9.17, 15) is 9.59 Å². The Kier molecular flexibility index (Phi) is 3.69. The van der Waals surface area contributed by atoms with E-state index >= 15 is 0 Å². The summed E-state index contributed by atoms with van der Waals surface area (Å²) < 4.78 is 11.9. The molecule has 0 aliphatic carbocycles. The summed E-state index contributed by atoms with van der Waals surface area (Å²) in [5, 5.41) is 12.6. The van der Waals surface area contributed by atoms with Crippen molar-refractivity contribution in [1.29, 1.82) is 0 Å². The molecular formula is C18H14N2O5S. The predicted molar refractivity (Wildman–Crippen MR) is 101 cm³/mol. The topological polar surface area (TPSA) is 95.8 Å². The number of carboxylic acid groups (broad SMARTS) is 1. The molecule has 0 atom stereocenters. The van der Waals surface area contributed by atoms with Gasteiger partial charge in [-0.3, -0.25) is 9.69 Å². The summed E-state index contributed by atoms with van der Waals surface area (Å²) in [6.45, 7) is 0. The summed E-state index contributed by atoms with van der Waals surface area (Å²) in [4.78, 5) is 27.3. The number of aromatic amines is 1. The molecular weight excluding hydrogens is 356 g/mol. The quantitative estimate of drug-likeness (QED) is 0.565. The van der Waals surface area contributed by atoms with Gasteiger partial charge in [0, 0.05) is 29.4 Å². The Labute approximate surface area is 151 Å². The first-order chi connectivity index (χ1) is 12.5. The number of carbonyl (C=O) groups is 1. The number of methoxy groups -OCH3 is 1. The maximum atomic E-state index is 12.3. The summed E-state index contributed by atoms with van der Waals surface area (Å²) >= 11 is 1.36. The standard InChI is InChI=1S/C18H14N2O5S/c1-20(18(22)23)13-6-5-12(25-13)15-11(24-2)4-3-10-14(15)9-7-8-26-16(9)17(21)19-10/h3-8H,1-2H3,(H,19,21)(H,22,23). The zero-order valence-corrected chi connectivity index (χ0v) is 14.7. The lowest BCUT2D eigenvalue weighted by Gasteiger charge is -2.12. The first kappa shape index (κ1) is 16.2. The second-order valence-corrected chi connectivity index (χ2v) is 6.58. The van der Waals surface area contributed by atoms with Gasteiger partial charge in [-0.05, 0) is 29.6 Å². The lowest BCUT2D eigenvalue weighted by Crippen LogP contribution is -2.22. The number of benzene rings is 1. The van der Waals surface area contributed by atoms with Crippen LogP contribution in [0.5, 0.6) is 5.75 Å². The Morgan fingerprint density at radius 1 is 1.27 bits per heavy atom. The van der Waals surface area contributed by atoms with E-state index in [1.165, 1.54) is 18.4 Å². The van der Waals surface area contributed by atoms with E-state index in [1.54, 1.807) is 31.4 Å². The van der Waals surface area contributed by atoms with E-state index in [-0.39, 0.29) is 11.4 Å². The lowest BCUT2D eigenvalue weighted by atomic mass is 10.0.